The molecule has 7 nitrogen and oxygen atoms in total. The normalized spacial score (nSPS) is 12.4. The van der Waals surface area contributed by atoms with E-state index in [1.54, 1.807) is 6.20 Å². The van der Waals surface area contributed by atoms with Gasteiger partial charge >= 0.3 is 0 Å². The fraction of sp³-hybridized carbons (Fsp3) is 0.360. The summed E-state index contributed by atoms with van der Waals surface area (Å²) in [5, 5.41) is 12.9. The van der Waals surface area contributed by atoms with Crippen LogP contribution in [0.2, 0.25) is 0 Å². The van der Waals surface area contributed by atoms with Gasteiger partial charge in [-0.15, -0.1) is 0 Å². The summed E-state index contributed by atoms with van der Waals surface area (Å²) in [4.78, 5) is 18.3. The molecule has 0 aliphatic rings. The highest BCUT2D eigenvalue weighted by Crippen LogP contribution is 2.23. The smallest absolute Gasteiger partial charge is 0.225 e. The molecule has 0 amide bonds. The number of aryl methyl sites for hydroxylation is 2. The Morgan fingerprint density at radius 1 is 1.03 bits per heavy atom. The molecule has 0 aliphatic carbocycles. The van der Waals surface area contributed by atoms with Crippen molar-refractivity contribution in [2.45, 2.75) is 52.1 Å². The van der Waals surface area contributed by atoms with E-state index in [4.69, 9.17) is 9.97 Å². The van der Waals surface area contributed by atoms with E-state index in [0.717, 1.165) is 47.2 Å². The second-order valence-corrected chi connectivity index (χ2v) is 8.28. The van der Waals surface area contributed by atoms with E-state index in [0.29, 0.717) is 5.95 Å². The average Bonchev–Trinajstić information content (AvgIpc) is 3.26. The van der Waals surface area contributed by atoms with E-state index in [2.05, 4.69) is 64.0 Å². The Balaban J connectivity index is 1.58. The van der Waals surface area contributed by atoms with Crippen LogP contribution in [-0.2, 0) is 12.8 Å². The molecule has 0 fully saturated rings. The number of hydrogen-bond donors (Lipinski definition) is 2. The third kappa shape index (κ3) is 4.78. The maximum absolute atomic E-state index is 9.59. The Morgan fingerprint density at radius 3 is 2.50 bits per heavy atom. The van der Waals surface area contributed by atoms with Gasteiger partial charge in [0.05, 0.1) is 24.7 Å². The minimum absolute atomic E-state index is 0.0416. The maximum Gasteiger partial charge on any atom is 0.225 e. The number of benzene rings is 1. The van der Waals surface area contributed by atoms with E-state index in [9.17, 15) is 5.11 Å². The lowest BCUT2D eigenvalue weighted by atomic mass is 10.0. The van der Waals surface area contributed by atoms with Crippen molar-refractivity contribution in [3.8, 4) is 11.1 Å². The van der Waals surface area contributed by atoms with Crippen LogP contribution in [0, 0.1) is 0 Å². The zero-order chi connectivity index (χ0) is 22.5. The van der Waals surface area contributed by atoms with Crippen molar-refractivity contribution in [2.24, 2.45) is 0 Å². The summed E-state index contributed by atoms with van der Waals surface area (Å²) in [7, 11) is 0. The number of imidazole rings is 1. The Kier molecular flexibility index (Phi) is 6.75. The van der Waals surface area contributed by atoms with E-state index >= 15 is 0 Å². The molecule has 3 heterocycles. The molecule has 166 valence electrons. The van der Waals surface area contributed by atoms with E-state index in [-0.39, 0.29) is 18.7 Å². The maximum atomic E-state index is 9.59. The Hall–Kier alpha value is -3.32. The lowest BCUT2D eigenvalue weighted by molar-refractivity contribution is 0.271. The summed E-state index contributed by atoms with van der Waals surface area (Å²) in [6.07, 6.45) is 7.90. The van der Waals surface area contributed by atoms with Crippen molar-refractivity contribution in [2.75, 3.05) is 11.9 Å². The molecule has 0 saturated carbocycles. The van der Waals surface area contributed by atoms with Gasteiger partial charge in [0, 0.05) is 18.4 Å². The molecule has 2 N–H and O–H groups in total. The number of aliphatic hydroxyl groups excluding tert-OH is 1. The van der Waals surface area contributed by atoms with Crippen molar-refractivity contribution >= 4 is 17.1 Å². The molecule has 32 heavy (non-hydrogen) atoms. The van der Waals surface area contributed by atoms with Gasteiger partial charge in [0.1, 0.15) is 5.52 Å². The van der Waals surface area contributed by atoms with Gasteiger partial charge in [0.25, 0.3) is 0 Å². The van der Waals surface area contributed by atoms with Crippen LogP contribution in [0.4, 0.5) is 5.95 Å². The molecule has 0 radical (unpaired) electrons. The first-order chi connectivity index (χ1) is 15.6. The minimum Gasteiger partial charge on any atom is -0.394 e. The molecule has 4 rings (SSSR count). The fourth-order valence-corrected chi connectivity index (χ4v) is 3.71. The molecule has 1 aromatic carbocycles. The van der Waals surface area contributed by atoms with Gasteiger partial charge in [-0.2, -0.15) is 4.98 Å². The molecular formula is C25H30N6O. The van der Waals surface area contributed by atoms with Crippen LogP contribution in [0.1, 0.15) is 44.5 Å². The number of nitrogens with one attached hydrogen (secondary N) is 1. The van der Waals surface area contributed by atoms with E-state index in [1.807, 2.05) is 25.5 Å². The van der Waals surface area contributed by atoms with Crippen LogP contribution in [0.15, 0.2) is 55.1 Å². The Labute approximate surface area is 188 Å². The molecule has 0 bridgehead atoms. The van der Waals surface area contributed by atoms with Crippen LogP contribution in [0.25, 0.3) is 22.3 Å². The third-order valence-electron chi connectivity index (χ3n) is 5.70. The molecule has 0 aliphatic heterocycles. The number of pyridine rings is 1. The minimum atomic E-state index is -0.0734. The van der Waals surface area contributed by atoms with Crippen molar-refractivity contribution in [3.05, 3.63) is 66.4 Å². The fourth-order valence-electron chi connectivity index (χ4n) is 3.71. The molecule has 1 atom stereocenters. The monoisotopic (exact) mass is 430 g/mol. The van der Waals surface area contributed by atoms with Gasteiger partial charge in [0.15, 0.2) is 5.65 Å². The van der Waals surface area contributed by atoms with Gasteiger partial charge in [-0.05, 0) is 55.9 Å². The van der Waals surface area contributed by atoms with E-state index < -0.39 is 0 Å². The first-order valence-electron chi connectivity index (χ1n) is 11.2. The van der Waals surface area contributed by atoms with Crippen LogP contribution in [0.5, 0.6) is 0 Å². The SMILES string of the molecule is CC[C@H](CO)Nc1nc(CCc2ccc(-c3cccnc3)cc2)c2ncn(C(C)C)c2n1. The molecule has 0 unspecified atom stereocenters. The second kappa shape index (κ2) is 9.87. The van der Waals surface area contributed by atoms with Gasteiger partial charge in [-0.25, -0.2) is 9.97 Å². The summed E-state index contributed by atoms with van der Waals surface area (Å²) in [6.45, 7) is 6.30. The topological polar surface area (TPSA) is 88.8 Å². The molecule has 3 aromatic heterocycles. The van der Waals surface area contributed by atoms with Crippen molar-refractivity contribution in [1.29, 1.82) is 0 Å². The zero-order valence-electron chi connectivity index (χ0n) is 18.9. The van der Waals surface area contributed by atoms with Crippen molar-refractivity contribution in [3.63, 3.8) is 0 Å². The quantitative estimate of drug-likeness (QED) is 0.408. The zero-order valence-corrected chi connectivity index (χ0v) is 18.9. The third-order valence-corrected chi connectivity index (χ3v) is 5.70. The first-order valence-corrected chi connectivity index (χ1v) is 11.2. The van der Waals surface area contributed by atoms with Crippen LogP contribution in [0.3, 0.4) is 0 Å². The predicted molar refractivity (Wildman–Crippen MR) is 128 cm³/mol. The summed E-state index contributed by atoms with van der Waals surface area (Å²) < 4.78 is 2.06. The van der Waals surface area contributed by atoms with Crippen LogP contribution >= 0.6 is 0 Å². The largest absolute Gasteiger partial charge is 0.394 e. The molecule has 0 saturated heterocycles. The van der Waals surface area contributed by atoms with Crippen molar-refractivity contribution < 1.29 is 5.11 Å². The number of fused-ring (bicyclic) bond motifs is 1. The summed E-state index contributed by atoms with van der Waals surface area (Å²) >= 11 is 0. The highest BCUT2D eigenvalue weighted by molar-refractivity contribution is 5.75. The van der Waals surface area contributed by atoms with Gasteiger partial charge in [-0.3, -0.25) is 4.98 Å². The number of aromatic nitrogens is 5. The first kappa shape index (κ1) is 21.9. The second-order valence-electron chi connectivity index (χ2n) is 8.28. The molecule has 7 heteroatoms. The average molecular weight is 431 g/mol. The van der Waals surface area contributed by atoms with Crippen LogP contribution < -0.4 is 5.32 Å². The number of rotatable bonds is 9. The highest BCUT2D eigenvalue weighted by atomic mass is 16.3. The molecule has 4 aromatic rings. The Morgan fingerprint density at radius 2 is 1.84 bits per heavy atom. The molecule has 0 spiro atoms. The number of nitrogens with zero attached hydrogens (tertiary/aromatic N) is 5. The summed E-state index contributed by atoms with van der Waals surface area (Å²) in [5.74, 6) is 0.544. The van der Waals surface area contributed by atoms with Gasteiger partial charge < -0.3 is 15.0 Å². The summed E-state index contributed by atoms with van der Waals surface area (Å²) in [6, 6.07) is 12.8. The molecular weight excluding hydrogens is 400 g/mol. The highest BCUT2D eigenvalue weighted by Gasteiger charge is 2.16. The number of aliphatic hydroxyl groups is 1. The predicted octanol–water partition coefficient (Wildman–Crippen LogP) is 4.44. The van der Waals surface area contributed by atoms with Crippen molar-refractivity contribution in [1.82, 2.24) is 24.5 Å². The Bertz CT molecular complexity index is 1150. The lowest BCUT2D eigenvalue weighted by Gasteiger charge is -2.16. The van der Waals surface area contributed by atoms with Crippen LogP contribution in [-0.4, -0.2) is 42.3 Å². The standard InChI is InChI=1S/C25H30N6O/c1-4-21(15-32)28-25-29-22(23-24(30-25)31(16-27-23)17(2)3)12-9-18-7-10-19(11-8-18)20-6-5-13-26-14-20/h5-8,10-11,13-14,16-17,21,32H,4,9,12,15H2,1-3H3,(H,28,29,30)/t21-/m1/s1. The number of anilines is 1. The van der Waals surface area contributed by atoms with Gasteiger partial charge in [0.2, 0.25) is 5.95 Å². The van der Waals surface area contributed by atoms with E-state index in [1.165, 1.54) is 5.56 Å². The summed E-state index contributed by atoms with van der Waals surface area (Å²) in [5.41, 5.74) is 6.09. The number of hydrogen-bond acceptors (Lipinski definition) is 6. The lowest BCUT2D eigenvalue weighted by Crippen LogP contribution is -2.24. The van der Waals surface area contributed by atoms with Gasteiger partial charge in [-0.1, -0.05) is 37.3 Å².